The van der Waals surface area contributed by atoms with Crippen LogP contribution in [-0.2, 0) is 11.8 Å². The average molecular weight is 355 g/mol. The van der Waals surface area contributed by atoms with Crippen LogP contribution >= 0.6 is 0 Å². The van der Waals surface area contributed by atoms with Crippen LogP contribution in [0, 0.1) is 5.92 Å². The van der Waals surface area contributed by atoms with E-state index in [0.29, 0.717) is 36.1 Å². The van der Waals surface area contributed by atoms with Gasteiger partial charge in [-0.15, -0.1) is 0 Å². The summed E-state index contributed by atoms with van der Waals surface area (Å²) in [6.45, 7) is 3.51. The molecule has 1 saturated heterocycles. The first kappa shape index (κ1) is 18.2. The Bertz CT molecular complexity index is 818. The predicted octanol–water partition coefficient (Wildman–Crippen LogP) is 2.21. The van der Waals surface area contributed by atoms with Crippen LogP contribution in [0.4, 0.5) is 5.95 Å². The van der Waals surface area contributed by atoms with Crippen molar-refractivity contribution in [1.29, 1.82) is 0 Å². The predicted molar refractivity (Wildman–Crippen MR) is 100.0 cm³/mol. The molecule has 26 heavy (non-hydrogen) atoms. The SMILES string of the molecule is CCCCC(=O)C1CCCN(c2nc(-c3ccncn3)cc(=O)n2C)C1. The Kier molecular flexibility index (Phi) is 5.75. The summed E-state index contributed by atoms with van der Waals surface area (Å²) in [5.74, 6) is 0.947. The lowest BCUT2D eigenvalue weighted by Crippen LogP contribution is -2.41. The van der Waals surface area contributed by atoms with Crippen LogP contribution in [-0.4, -0.2) is 38.4 Å². The normalized spacial score (nSPS) is 17.3. The third kappa shape index (κ3) is 3.98. The summed E-state index contributed by atoms with van der Waals surface area (Å²) in [5, 5.41) is 0. The van der Waals surface area contributed by atoms with Gasteiger partial charge in [0.2, 0.25) is 5.95 Å². The lowest BCUT2D eigenvalue weighted by Gasteiger charge is -2.33. The second kappa shape index (κ2) is 8.21. The van der Waals surface area contributed by atoms with E-state index in [0.717, 1.165) is 32.2 Å². The van der Waals surface area contributed by atoms with Gasteiger partial charge in [0.15, 0.2) is 0 Å². The van der Waals surface area contributed by atoms with Gasteiger partial charge in [0.1, 0.15) is 12.1 Å². The maximum absolute atomic E-state index is 12.4. The lowest BCUT2D eigenvalue weighted by atomic mass is 9.91. The van der Waals surface area contributed by atoms with Crippen LogP contribution in [0.2, 0.25) is 0 Å². The van der Waals surface area contributed by atoms with Gasteiger partial charge < -0.3 is 4.90 Å². The van der Waals surface area contributed by atoms with Crippen molar-refractivity contribution < 1.29 is 4.79 Å². The van der Waals surface area contributed by atoms with Crippen LogP contribution < -0.4 is 10.5 Å². The molecule has 0 bridgehead atoms. The minimum absolute atomic E-state index is 0.0231. The lowest BCUT2D eigenvalue weighted by molar-refractivity contribution is -0.123. The fraction of sp³-hybridized carbons (Fsp3) is 0.526. The molecule has 0 aliphatic carbocycles. The van der Waals surface area contributed by atoms with Gasteiger partial charge in [-0.1, -0.05) is 13.3 Å². The zero-order valence-corrected chi connectivity index (χ0v) is 15.4. The number of rotatable bonds is 6. The molecule has 0 saturated carbocycles. The largest absolute Gasteiger partial charge is 0.341 e. The second-order valence-corrected chi connectivity index (χ2v) is 6.79. The van der Waals surface area contributed by atoms with Gasteiger partial charge >= 0.3 is 0 Å². The monoisotopic (exact) mass is 355 g/mol. The number of unbranched alkanes of at least 4 members (excludes halogenated alkanes) is 1. The van der Waals surface area contributed by atoms with Crippen LogP contribution in [0.3, 0.4) is 0 Å². The van der Waals surface area contributed by atoms with Gasteiger partial charge in [-0.25, -0.2) is 15.0 Å². The molecule has 3 heterocycles. The Labute approximate surface area is 153 Å². The molecule has 1 atom stereocenters. The van der Waals surface area contributed by atoms with Crippen molar-refractivity contribution in [1.82, 2.24) is 19.5 Å². The van der Waals surface area contributed by atoms with Crippen molar-refractivity contribution in [2.24, 2.45) is 13.0 Å². The van der Waals surface area contributed by atoms with Crippen molar-refractivity contribution in [2.75, 3.05) is 18.0 Å². The van der Waals surface area contributed by atoms with E-state index in [2.05, 4.69) is 26.8 Å². The maximum Gasteiger partial charge on any atom is 0.255 e. The number of aromatic nitrogens is 4. The van der Waals surface area contributed by atoms with E-state index in [9.17, 15) is 9.59 Å². The fourth-order valence-corrected chi connectivity index (χ4v) is 3.36. The molecule has 1 fully saturated rings. The summed E-state index contributed by atoms with van der Waals surface area (Å²) in [5.41, 5.74) is 1.01. The van der Waals surface area contributed by atoms with Gasteiger partial charge in [0.05, 0.1) is 11.4 Å². The zero-order valence-electron chi connectivity index (χ0n) is 15.4. The van der Waals surface area contributed by atoms with Crippen LogP contribution in [0.1, 0.15) is 39.0 Å². The molecule has 0 aromatic carbocycles. The van der Waals surface area contributed by atoms with Crippen LogP contribution in [0.5, 0.6) is 0 Å². The van der Waals surface area contributed by atoms with Crippen molar-refractivity contribution in [3.05, 3.63) is 35.0 Å². The van der Waals surface area contributed by atoms with Crippen molar-refractivity contribution in [3.8, 4) is 11.4 Å². The summed E-state index contributed by atoms with van der Waals surface area (Å²) >= 11 is 0. The standard InChI is InChI=1S/C19H25N5O2/c1-3-4-7-17(25)14-6-5-10-24(12-14)19-22-16(11-18(26)23(19)2)15-8-9-20-13-21-15/h8-9,11,13-14H,3-7,10,12H2,1-2H3. The van der Waals surface area contributed by atoms with Crippen molar-refractivity contribution >= 4 is 11.7 Å². The van der Waals surface area contributed by atoms with E-state index < -0.39 is 0 Å². The molecule has 1 aliphatic heterocycles. The Morgan fingerprint density at radius 1 is 1.35 bits per heavy atom. The van der Waals surface area contributed by atoms with E-state index in [1.54, 1.807) is 23.9 Å². The number of ketones is 1. The molecule has 1 aliphatic rings. The Morgan fingerprint density at radius 2 is 2.19 bits per heavy atom. The maximum atomic E-state index is 12.4. The van der Waals surface area contributed by atoms with Crippen LogP contribution in [0.15, 0.2) is 29.5 Å². The number of hydrogen-bond donors (Lipinski definition) is 0. The Balaban J connectivity index is 1.87. The van der Waals surface area contributed by atoms with E-state index in [4.69, 9.17) is 0 Å². The first-order chi connectivity index (χ1) is 12.6. The summed E-state index contributed by atoms with van der Waals surface area (Å²) in [7, 11) is 1.72. The third-order valence-electron chi connectivity index (χ3n) is 4.89. The van der Waals surface area contributed by atoms with Gasteiger partial charge in [0.25, 0.3) is 5.56 Å². The molecule has 0 N–H and O–H groups in total. The molecule has 7 nitrogen and oxygen atoms in total. The molecular formula is C19H25N5O2. The molecule has 2 aromatic heterocycles. The quantitative estimate of drug-likeness (QED) is 0.790. The number of hydrogen-bond acceptors (Lipinski definition) is 6. The molecule has 1 unspecified atom stereocenters. The average Bonchev–Trinajstić information content (AvgIpc) is 2.68. The molecule has 0 spiro atoms. The number of piperidine rings is 1. The number of anilines is 1. The van der Waals surface area contributed by atoms with E-state index in [1.807, 2.05) is 0 Å². The molecular weight excluding hydrogens is 330 g/mol. The van der Waals surface area contributed by atoms with Gasteiger partial charge in [-0.2, -0.15) is 0 Å². The van der Waals surface area contributed by atoms with Crippen molar-refractivity contribution in [3.63, 3.8) is 0 Å². The topological polar surface area (TPSA) is 81.0 Å². The molecule has 138 valence electrons. The Hall–Kier alpha value is -2.57. The third-order valence-corrected chi connectivity index (χ3v) is 4.89. The molecule has 2 aromatic rings. The first-order valence-corrected chi connectivity index (χ1v) is 9.22. The van der Waals surface area contributed by atoms with Gasteiger partial charge in [-0.05, 0) is 25.3 Å². The summed E-state index contributed by atoms with van der Waals surface area (Å²) < 4.78 is 1.55. The van der Waals surface area contributed by atoms with E-state index in [-0.39, 0.29) is 11.5 Å². The molecule has 3 rings (SSSR count). The highest BCUT2D eigenvalue weighted by Gasteiger charge is 2.27. The molecule has 0 amide bonds. The number of carbonyl (C=O) groups excluding carboxylic acids is 1. The van der Waals surface area contributed by atoms with Crippen molar-refractivity contribution in [2.45, 2.75) is 39.0 Å². The van der Waals surface area contributed by atoms with Gasteiger partial charge in [-0.3, -0.25) is 14.2 Å². The minimum atomic E-state index is -0.136. The minimum Gasteiger partial charge on any atom is -0.341 e. The molecule has 0 radical (unpaired) electrons. The molecule has 7 heteroatoms. The fourth-order valence-electron chi connectivity index (χ4n) is 3.36. The van der Waals surface area contributed by atoms with E-state index in [1.165, 1.54) is 12.4 Å². The number of Topliss-reactive ketones (excluding diaryl/α,β-unsaturated/α-hetero) is 1. The first-order valence-electron chi connectivity index (χ1n) is 9.22. The summed E-state index contributed by atoms with van der Waals surface area (Å²) in [6.07, 6.45) is 7.52. The zero-order chi connectivity index (χ0) is 18.5. The number of nitrogens with zero attached hydrogens (tertiary/aromatic N) is 5. The highest BCUT2D eigenvalue weighted by atomic mass is 16.1. The highest BCUT2D eigenvalue weighted by molar-refractivity contribution is 5.81. The second-order valence-electron chi connectivity index (χ2n) is 6.79. The smallest absolute Gasteiger partial charge is 0.255 e. The Morgan fingerprint density at radius 3 is 2.92 bits per heavy atom. The van der Waals surface area contributed by atoms with Crippen LogP contribution in [0.25, 0.3) is 11.4 Å². The summed E-state index contributed by atoms with van der Waals surface area (Å²) in [6, 6.07) is 3.22. The summed E-state index contributed by atoms with van der Waals surface area (Å²) in [4.78, 5) is 39.7. The van der Waals surface area contributed by atoms with Gasteiger partial charge in [0, 0.05) is 44.7 Å². The highest BCUT2D eigenvalue weighted by Crippen LogP contribution is 2.24. The number of carbonyl (C=O) groups is 1. The van der Waals surface area contributed by atoms with E-state index >= 15 is 0 Å².